The number of rotatable bonds is 22. The first-order valence-electron chi connectivity index (χ1n) is 24.1. The van der Waals surface area contributed by atoms with Crippen LogP contribution in [0, 0.1) is 11.8 Å². The summed E-state index contributed by atoms with van der Waals surface area (Å²) in [5.74, 6) is -4.55. The van der Waals surface area contributed by atoms with Crippen molar-refractivity contribution in [1.29, 1.82) is 0 Å². The van der Waals surface area contributed by atoms with E-state index < -0.39 is 120 Å². The van der Waals surface area contributed by atoms with Crippen LogP contribution in [-0.4, -0.2) is 137 Å². The molecule has 13 atom stereocenters. The maximum atomic E-state index is 13.7. The molecule has 2 bridgehead atoms. The first kappa shape index (κ1) is 61.7. The van der Waals surface area contributed by atoms with Gasteiger partial charge in [-0.3, -0.25) is 23.2 Å². The molecule has 1 fully saturated rings. The standard InChI is InChI=1S/C47H80O19P2/c1-3-5-7-8-9-10-11-12-13-14-15-16-17-18-24-28-41(52)64-35-32-62-40(51)27-23-20-19-22-26-36-38(49)31-39(50)37(30-29-34(48)25-21-6-4-2)43(54)46(65-67(57,58)59)47(45(56)44(55)42(36)53)66-68(60,61)63-33-35/h5,7,9-10,12-13,19,22,29-30,34-39,42-50,53-56H,3-4,6,8,11,14-18,20-21,23-28,31-33H2,1-2H3,(H,60,61)(H2,57,58,59)/b7-5-,10-9-,13-12-,22-19+,30-29+/t34-,35+,36-,37-,38-,39+,42+,43+,44-,45+,46+,47-/m0/s1. The molecule has 2 aliphatic rings. The minimum absolute atomic E-state index is 0.0512. The number of carbonyl (C=O) groups excluding carboxylic acids is 2. The SMILES string of the molecule is CC/C=C\C/C=C\C/C=C\CCCCCCCC(=O)O[C@@H]1COC(=O)CCC/C=C/C[C@@H]2[C@@H](O)[C@H](O)[C@@H](O)[C@H](OP(=O)(O)OC1)[C@H](OP(=O)(O)O)[C@H](O)[C@@H](/C=C/[C@@H](O)CCCCC)[C@H](O)C[C@@H]2O. The normalized spacial score (nSPS) is 32.2. The zero-order chi connectivity index (χ0) is 50.5. The average Bonchev–Trinajstić information content (AvgIpc) is 3.28. The molecular weight excluding hydrogens is 930 g/mol. The van der Waals surface area contributed by atoms with E-state index in [0.717, 1.165) is 63.9 Å². The molecule has 2 rings (SSSR count). The van der Waals surface area contributed by atoms with Crippen molar-refractivity contribution >= 4 is 27.6 Å². The van der Waals surface area contributed by atoms with Crippen molar-refractivity contribution < 1.29 is 92.2 Å². The van der Waals surface area contributed by atoms with Crippen molar-refractivity contribution in [3.05, 3.63) is 60.8 Å². The fraction of sp³-hybridized carbons (Fsp3) is 0.745. The Kier molecular flexibility index (Phi) is 30.9. The van der Waals surface area contributed by atoms with Gasteiger partial charge < -0.3 is 59.9 Å². The van der Waals surface area contributed by atoms with Crippen LogP contribution >= 0.6 is 15.6 Å². The van der Waals surface area contributed by atoms with E-state index in [1.165, 1.54) is 12.2 Å². The molecular formula is C47H80O19P2. The first-order valence-corrected chi connectivity index (χ1v) is 27.1. The molecule has 0 saturated heterocycles. The van der Waals surface area contributed by atoms with Gasteiger partial charge in [-0.2, -0.15) is 0 Å². The molecule has 0 aromatic rings. The van der Waals surface area contributed by atoms with Gasteiger partial charge in [-0.1, -0.05) is 113 Å². The highest BCUT2D eigenvalue weighted by atomic mass is 31.2. The Morgan fingerprint density at radius 2 is 1.53 bits per heavy atom. The number of esters is 2. The van der Waals surface area contributed by atoms with E-state index in [1.54, 1.807) is 6.08 Å². The summed E-state index contributed by atoms with van der Waals surface area (Å²) in [4.78, 5) is 56.7. The number of aliphatic hydroxyl groups excluding tert-OH is 7. The second-order valence-corrected chi connectivity index (χ2v) is 20.0. The third kappa shape index (κ3) is 25.6. The molecule has 68 heavy (non-hydrogen) atoms. The number of fused-ring (bicyclic) bond motifs is 4. The van der Waals surface area contributed by atoms with Gasteiger partial charge in [0.05, 0.1) is 37.1 Å². The van der Waals surface area contributed by atoms with E-state index in [2.05, 4.69) is 43.4 Å². The van der Waals surface area contributed by atoms with E-state index in [0.29, 0.717) is 25.7 Å². The van der Waals surface area contributed by atoms with Crippen LogP contribution in [-0.2, 0) is 41.8 Å². The number of phosphoric acid groups is 2. The van der Waals surface area contributed by atoms with Gasteiger partial charge in [0, 0.05) is 31.1 Å². The number of unbranched alkanes of at least 4 members (excludes halogenated alkanes) is 7. The Morgan fingerprint density at radius 3 is 2.22 bits per heavy atom. The molecule has 0 spiro atoms. The highest BCUT2D eigenvalue weighted by Crippen LogP contribution is 2.50. The fourth-order valence-corrected chi connectivity index (χ4v) is 9.32. The number of aliphatic hydroxyl groups is 7. The Hall–Kier alpha value is -2.42. The summed E-state index contributed by atoms with van der Waals surface area (Å²) in [5, 5.41) is 79.8. The number of carbonyl (C=O) groups is 2. The third-order valence-corrected chi connectivity index (χ3v) is 13.1. The summed E-state index contributed by atoms with van der Waals surface area (Å²) >= 11 is 0. The quantitative estimate of drug-likeness (QED) is 0.0279. The van der Waals surface area contributed by atoms with Gasteiger partial charge in [-0.05, 0) is 64.2 Å². The Morgan fingerprint density at radius 1 is 0.853 bits per heavy atom. The van der Waals surface area contributed by atoms with Gasteiger partial charge in [-0.15, -0.1) is 0 Å². The van der Waals surface area contributed by atoms with Crippen molar-refractivity contribution in [2.24, 2.45) is 11.8 Å². The van der Waals surface area contributed by atoms with E-state index in [9.17, 15) is 69.1 Å². The van der Waals surface area contributed by atoms with E-state index in [-0.39, 0.29) is 32.1 Å². The maximum absolute atomic E-state index is 13.7. The molecule has 1 unspecified atom stereocenters. The summed E-state index contributed by atoms with van der Waals surface area (Å²) in [6.07, 6.45) is 6.80. The molecule has 0 amide bonds. The number of hydrogen-bond acceptors (Lipinski definition) is 16. The van der Waals surface area contributed by atoms with Crippen molar-refractivity contribution in [3.8, 4) is 0 Å². The second-order valence-electron chi connectivity index (χ2n) is 17.4. The van der Waals surface area contributed by atoms with Crippen LogP contribution in [0.25, 0.3) is 0 Å². The predicted molar refractivity (Wildman–Crippen MR) is 252 cm³/mol. The van der Waals surface area contributed by atoms with Crippen molar-refractivity contribution in [3.63, 3.8) is 0 Å². The molecule has 19 nitrogen and oxygen atoms in total. The molecule has 0 aromatic heterocycles. The van der Waals surface area contributed by atoms with Gasteiger partial charge in [-0.25, -0.2) is 9.13 Å². The molecule has 21 heteroatoms. The molecule has 0 aromatic carbocycles. The molecule has 0 radical (unpaired) electrons. The molecule has 1 aliphatic heterocycles. The summed E-state index contributed by atoms with van der Waals surface area (Å²) in [7, 11) is -11.5. The zero-order valence-corrected chi connectivity index (χ0v) is 41.4. The van der Waals surface area contributed by atoms with Crippen LogP contribution in [0.5, 0.6) is 0 Å². The lowest BCUT2D eigenvalue weighted by Crippen LogP contribution is -2.56. The van der Waals surface area contributed by atoms with Crippen LogP contribution in [0.4, 0.5) is 0 Å². The van der Waals surface area contributed by atoms with Crippen LogP contribution in [0.15, 0.2) is 60.8 Å². The molecule has 1 saturated carbocycles. The predicted octanol–water partition coefficient (Wildman–Crippen LogP) is 5.44. The lowest BCUT2D eigenvalue weighted by molar-refractivity contribution is -0.165. The minimum atomic E-state index is -5.77. The molecule has 392 valence electrons. The van der Waals surface area contributed by atoms with Crippen LogP contribution in [0.2, 0.25) is 0 Å². The van der Waals surface area contributed by atoms with Crippen LogP contribution in [0.3, 0.4) is 0 Å². The highest BCUT2D eigenvalue weighted by molar-refractivity contribution is 7.47. The van der Waals surface area contributed by atoms with Gasteiger partial charge in [0.15, 0.2) is 6.10 Å². The topological polar surface area (TPSA) is 317 Å². The summed E-state index contributed by atoms with van der Waals surface area (Å²) in [5.41, 5.74) is 0. The fourth-order valence-electron chi connectivity index (χ4n) is 7.79. The largest absolute Gasteiger partial charge is 0.472 e. The minimum Gasteiger partial charge on any atom is -0.462 e. The van der Waals surface area contributed by atoms with Crippen LogP contribution < -0.4 is 0 Å². The van der Waals surface area contributed by atoms with Gasteiger partial charge in [0.1, 0.15) is 31.0 Å². The van der Waals surface area contributed by atoms with Crippen molar-refractivity contribution in [1.82, 2.24) is 0 Å². The summed E-state index contributed by atoms with van der Waals surface area (Å²) in [6, 6.07) is 0. The van der Waals surface area contributed by atoms with Gasteiger partial charge in [0.2, 0.25) is 0 Å². The smallest absolute Gasteiger partial charge is 0.462 e. The number of ether oxygens (including phenoxy) is 2. The lowest BCUT2D eigenvalue weighted by Gasteiger charge is -2.38. The third-order valence-electron chi connectivity index (χ3n) is 11.6. The first-order chi connectivity index (χ1) is 32.3. The Balaban J connectivity index is 2.37. The maximum Gasteiger partial charge on any atom is 0.472 e. The number of allylic oxidation sites excluding steroid dienone is 8. The highest BCUT2D eigenvalue weighted by Gasteiger charge is 2.51. The number of hydrogen-bond donors (Lipinski definition) is 10. The van der Waals surface area contributed by atoms with Crippen LogP contribution in [0.1, 0.15) is 136 Å². The van der Waals surface area contributed by atoms with Crippen molar-refractivity contribution in [2.45, 2.75) is 197 Å². The molecule has 1 aliphatic carbocycles. The second kappa shape index (κ2) is 34.0. The zero-order valence-electron chi connectivity index (χ0n) is 39.6. The van der Waals surface area contributed by atoms with Gasteiger partial charge >= 0.3 is 27.6 Å². The Labute approximate surface area is 401 Å². The molecule has 10 N–H and O–H groups in total. The monoisotopic (exact) mass is 1010 g/mol. The summed E-state index contributed by atoms with van der Waals surface area (Å²) < 4.78 is 52.2. The van der Waals surface area contributed by atoms with E-state index >= 15 is 0 Å². The number of phosphoric ester groups is 2. The summed E-state index contributed by atoms with van der Waals surface area (Å²) in [6.45, 7) is 2.43. The lowest BCUT2D eigenvalue weighted by atomic mass is 9.83. The van der Waals surface area contributed by atoms with Gasteiger partial charge in [0.25, 0.3) is 0 Å². The molecule has 1 heterocycles. The average molecular weight is 1010 g/mol. The number of cyclic esters (lactones) is 1. The van der Waals surface area contributed by atoms with E-state index in [4.69, 9.17) is 23.0 Å². The van der Waals surface area contributed by atoms with Crippen molar-refractivity contribution in [2.75, 3.05) is 13.2 Å². The van der Waals surface area contributed by atoms with E-state index in [1.807, 2.05) is 6.92 Å². The Bertz CT molecular complexity index is 1670.